The van der Waals surface area contributed by atoms with Gasteiger partial charge >= 0.3 is 0 Å². The predicted molar refractivity (Wildman–Crippen MR) is 67.5 cm³/mol. The Morgan fingerprint density at radius 1 is 1.56 bits per heavy atom. The second kappa shape index (κ2) is 4.53. The van der Waals surface area contributed by atoms with Crippen LogP contribution in [0, 0.1) is 12.8 Å². The molecule has 6 nitrogen and oxygen atoms in total. The third kappa shape index (κ3) is 2.03. The number of anilines is 1. The van der Waals surface area contributed by atoms with Crippen molar-refractivity contribution in [3.05, 3.63) is 18.1 Å². The van der Waals surface area contributed by atoms with Gasteiger partial charge in [0.15, 0.2) is 0 Å². The standard InChI is InChI=1S/C12H17N5O/c1-8-5-11(17-12(16-8)14-7-15-17)13-6-10-3-4-18-9(10)2/h5,7,9-10,13H,3-4,6H2,1-2H3. The second-order valence-electron chi connectivity index (χ2n) is 4.76. The number of hydrogen-bond acceptors (Lipinski definition) is 5. The molecule has 0 saturated carbocycles. The van der Waals surface area contributed by atoms with E-state index in [2.05, 4.69) is 27.3 Å². The number of rotatable bonds is 3. The van der Waals surface area contributed by atoms with Crippen LogP contribution in [0.3, 0.4) is 0 Å². The van der Waals surface area contributed by atoms with Crippen molar-refractivity contribution in [3.8, 4) is 0 Å². The zero-order valence-corrected chi connectivity index (χ0v) is 10.6. The molecular formula is C12H17N5O. The molecule has 0 spiro atoms. The lowest BCUT2D eigenvalue weighted by atomic mass is 10.0. The summed E-state index contributed by atoms with van der Waals surface area (Å²) in [6.07, 6.45) is 2.96. The summed E-state index contributed by atoms with van der Waals surface area (Å²) >= 11 is 0. The van der Waals surface area contributed by atoms with Crippen LogP contribution in [0.2, 0.25) is 0 Å². The monoisotopic (exact) mass is 247 g/mol. The molecule has 0 amide bonds. The van der Waals surface area contributed by atoms with E-state index in [1.807, 2.05) is 13.0 Å². The Kier molecular flexibility index (Phi) is 2.87. The second-order valence-corrected chi connectivity index (χ2v) is 4.76. The molecular weight excluding hydrogens is 230 g/mol. The molecule has 2 unspecified atom stereocenters. The topological polar surface area (TPSA) is 64.3 Å². The highest BCUT2D eigenvalue weighted by Gasteiger charge is 2.24. The minimum Gasteiger partial charge on any atom is -0.378 e. The Bertz CT molecular complexity index is 552. The lowest BCUT2D eigenvalue weighted by Gasteiger charge is -2.16. The van der Waals surface area contributed by atoms with E-state index in [1.54, 1.807) is 4.52 Å². The van der Waals surface area contributed by atoms with E-state index in [0.717, 1.165) is 31.1 Å². The number of aryl methyl sites for hydroxylation is 1. The number of aromatic nitrogens is 4. The van der Waals surface area contributed by atoms with Gasteiger partial charge in [-0.15, -0.1) is 0 Å². The van der Waals surface area contributed by atoms with Crippen molar-refractivity contribution < 1.29 is 4.74 Å². The first-order chi connectivity index (χ1) is 8.74. The van der Waals surface area contributed by atoms with Crippen molar-refractivity contribution in [1.82, 2.24) is 19.6 Å². The van der Waals surface area contributed by atoms with E-state index < -0.39 is 0 Å². The largest absolute Gasteiger partial charge is 0.378 e. The van der Waals surface area contributed by atoms with Gasteiger partial charge in [0.25, 0.3) is 5.78 Å². The van der Waals surface area contributed by atoms with E-state index in [0.29, 0.717) is 17.8 Å². The van der Waals surface area contributed by atoms with Gasteiger partial charge in [0.05, 0.1) is 6.10 Å². The molecule has 3 heterocycles. The van der Waals surface area contributed by atoms with Gasteiger partial charge in [-0.3, -0.25) is 0 Å². The smallest absolute Gasteiger partial charge is 0.254 e. The third-order valence-electron chi connectivity index (χ3n) is 3.46. The number of fused-ring (bicyclic) bond motifs is 1. The fourth-order valence-corrected chi connectivity index (χ4v) is 2.34. The van der Waals surface area contributed by atoms with Gasteiger partial charge in [0.1, 0.15) is 12.1 Å². The van der Waals surface area contributed by atoms with E-state index >= 15 is 0 Å². The molecule has 1 aliphatic rings. The minimum atomic E-state index is 0.326. The normalized spacial score (nSPS) is 23.7. The number of nitrogens with zero attached hydrogens (tertiary/aromatic N) is 4. The molecule has 6 heteroatoms. The summed E-state index contributed by atoms with van der Waals surface area (Å²) in [5.41, 5.74) is 0.939. The molecule has 3 rings (SSSR count). The van der Waals surface area contributed by atoms with Crippen molar-refractivity contribution in [2.75, 3.05) is 18.5 Å². The van der Waals surface area contributed by atoms with Crippen molar-refractivity contribution in [2.24, 2.45) is 5.92 Å². The van der Waals surface area contributed by atoms with Crippen molar-refractivity contribution in [2.45, 2.75) is 26.4 Å². The summed E-state index contributed by atoms with van der Waals surface area (Å²) in [4.78, 5) is 8.43. The molecule has 1 N–H and O–H groups in total. The Morgan fingerprint density at radius 3 is 3.22 bits per heavy atom. The van der Waals surface area contributed by atoms with E-state index in [9.17, 15) is 0 Å². The zero-order valence-electron chi connectivity index (χ0n) is 10.6. The van der Waals surface area contributed by atoms with Crippen LogP contribution in [0.25, 0.3) is 5.78 Å². The van der Waals surface area contributed by atoms with E-state index in [1.165, 1.54) is 6.33 Å². The molecule has 0 radical (unpaired) electrons. The van der Waals surface area contributed by atoms with Gasteiger partial charge < -0.3 is 10.1 Å². The first-order valence-electron chi connectivity index (χ1n) is 6.27. The average Bonchev–Trinajstić information content (AvgIpc) is 2.94. The van der Waals surface area contributed by atoms with Crippen LogP contribution in [0.1, 0.15) is 19.0 Å². The Balaban J connectivity index is 1.79. The third-order valence-corrected chi connectivity index (χ3v) is 3.46. The maximum atomic E-state index is 5.56. The highest BCUT2D eigenvalue weighted by molar-refractivity contribution is 5.44. The molecule has 96 valence electrons. The van der Waals surface area contributed by atoms with Gasteiger partial charge in [0.2, 0.25) is 0 Å². The lowest BCUT2D eigenvalue weighted by Crippen LogP contribution is -2.22. The molecule has 0 aliphatic carbocycles. The van der Waals surface area contributed by atoms with Crippen LogP contribution in [-0.2, 0) is 4.74 Å². The van der Waals surface area contributed by atoms with E-state index in [-0.39, 0.29) is 0 Å². The van der Waals surface area contributed by atoms with Gasteiger partial charge in [-0.25, -0.2) is 4.98 Å². The first-order valence-corrected chi connectivity index (χ1v) is 6.27. The SMILES string of the molecule is Cc1cc(NCC2CCOC2C)n2ncnc2n1. The van der Waals surface area contributed by atoms with Crippen molar-refractivity contribution in [3.63, 3.8) is 0 Å². The van der Waals surface area contributed by atoms with Crippen LogP contribution in [0.15, 0.2) is 12.4 Å². The van der Waals surface area contributed by atoms with Crippen LogP contribution >= 0.6 is 0 Å². The fourth-order valence-electron chi connectivity index (χ4n) is 2.34. The Labute approximate surface area is 105 Å². The molecule has 2 aromatic heterocycles. The highest BCUT2D eigenvalue weighted by atomic mass is 16.5. The molecule has 1 saturated heterocycles. The summed E-state index contributed by atoms with van der Waals surface area (Å²) in [5.74, 6) is 2.12. The quantitative estimate of drug-likeness (QED) is 0.884. The summed E-state index contributed by atoms with van der Waals surface area (Å²) in [5, 5.41) is 7.60. The number of nitrogens with one attached hydrogen (secondary N) is 1. The van der Waals surface area contributed by atoms with Crippen molar-refractivity contribution >= 4 is 11.6 Å². The van der Waals surface area contributed by atoms with Crippen LogP contribution in [0.4, 0.5) is 5.82 Å². The molecule has 1 fully saturated rings. The summed E-state index contributed by atoms with van der Waals surface area (Å²) in [6.45, 7) is 5.84. The molecule has 2 atom stereocenters. The van der Waals surface area contributed by atoms with Gasteiger partial charge in [-0.2, -0.15) is 14.6 Å². The van der Waals surface area contributed by atoms with Gasteiger partial charge in [-0.1, -0.05) is 0 Å². The number of ether oxygens (including phenoxy) is 1. The molecule has 1 aliphatic heterocycles. The summed E-state index contributed by atoms with van der Waals surface area (Å²) < 4.78 is 7.29. The van der Waals surface area contributed by atoms with Gasteiger partial charge in [-0.05, 0) is 20.3 Å². The molecule has 0 aromatic carbocycles. The summed E-state index contributed by atoms with van der Waals surface area (Å²) in [7, 11) is 0. The average molecular weight is 247 g/mol. The zero-order chi connectivity index (χ0) is 12.5. The first kappa shape index (κ1) is 11.4. The Hall–Kier alpha value is -1.69. The molecule has 2 aromatic rings. The maximum absolute atomic E-state index is 5.56. The maximum Gasteiger partial charge on any atom is 0.254 e. The Morgan fingerprint density at radius 2 is 2.44 bits per heavy atom. The summed E-state index contributed by atoms with van der Waals surface area (Å²) in [6, 6.07) is 1.99. The molecule has 0 bridgehead atoms. The van der Waals surface area contributed by atoms with Crippen LogP contribution < -0.4 is 5.32 Å². The number of hydrogen-bond donors (Lipinski definition) is 1. The van der Waals surface area contributed by atoms with E-state index in [4.69, 9.17) is 4.74 Å². The predicted octanol–water partition coefficient (Wildman–Crippen LogP) is 1.27. The molecule has 18 heavy (non-hydrogen) atoms. The highest BCUT2D eigenvalue weighted by Crippen LogP contribution is 2.21. The minimum absolute atomic E-state index is 0.326. The van der Waals surface area contributed by atoms with Crippen molar-refractivity contribution in [1.29, 1.82) is 0 Å². The van der Waals surface area contributed by atoms with Crippen LogP contribution in [-0.4, -0.2) is 38.8 Å². The lowest BCUT2D eigenvalue weighted by molar-refractivity contribution is 0.108. The van der Waals surface area contributed by atoms with Crippen LogP contribution in [0.5, 0.6) is 0 Å². The van der Waals surface area contributed by atoms with Gasteiger partial charge in [0, 0.05) is 30.8 Å². The fraction of sp³-hybridized carbons (Fsp3) is 0.583.